The van der Waals surface area contributed by atoms with E-state index in [0.717, 1.165) is 11.6 Å². The minimum absolute atomic E-state index is 0.0367. The molecule has 0 bridgehead atoms. The maximum absolute atomic E-state index is 13.6. The fourth-order valence-electron chi connectivity index (χ4n) is 2.62. The van der Waals surface area contributed by atoms with E-state index >= 15 is 0 Å². The number of ether oxygens (including phenoxy) is 1. The normalized spacial score (nSPS) is 10.5. The van der Waals surface area contributed by atoms with Gasteiger partial charge in [0.25, 0.3) is 5.91 Å². The maximum Gasteiger partial charge on any atom is 0.254 e. The predicted molar refractivity (Wildman–Crippen MR) is 97.6 cm³/mol. The SMILES string of the molecule is COc1cccc(CCN(CCNC(=O)c2ccc(F)c(F)c2F)C(C)=O)c1. The molecule has 0 saturated carbocycles. The van der Waals surface area contributed by atoms with Crippen molar-refractivity contribution in [3.8, 4) is 5.75 Å². The average Bonchev–Trinajstić information content (AvgIpc) is 2.68. The molecule has 0 fully saturated rings. The van der Waals surface area contributed by atoms with Crippen LogP contribution in [0, 0.1) is 17.5 Å². The molecule has 2 aromatic carbocycles. The summed E-state index contributed by atoms with van der Waals surface area (Å²) in [5, 5.41) is 2.41. The van der Waals surface area contributed by atoms with E-state index in [4.69, 9.17) is 4.74 Å². The first-order chi connectivity index (χ1) is 13.3. The third kappa shape index (κ3) is 5.48. The van der Waals surface area contributed by atoms with Crippen LogP contribution in [0.4, 0.5) is 13.2 Å². The number of carbonyl (C=O) groups is 2. The third-order valence-corrected chi connectivity index (χ3v) is 4.20. The fraction of sp³-hybridized carbons (Fsp3) is 0.300. The van der Waals surface area contributed by atoms with Crippen LogP contribution in [-0.4, -0.2) is 43.5 Å². The number of hydrogen-bond acceptors (Lipinski definition) is 3. The van der Waals surface area contributed by atoms with Crippen molar-refractivity contribution in [3.05, 3.63) is 65.0 Å². The Balaban J connectivity index is 1.90. The zero-order valence-corrected chi connectivity index (χ0v) is 15.6. The number of carbonyl (C=O) groups excluding carboxylic acids is 2. The molecule has 2 amide bonds. The number of methoxy groups -OCH3 is 1. The van der Waals surface area contributed by atoms with E-state index in [-0.39, 0.29) is 19.0 Å². The lowest BCUT2D eigenvalue weighted by Gasteiger charge is -2.21. The van der Waals surface area contributed by atoms with Crippen molar-refractivity contribution >= 4 is 11.8 Å². The molecule has 28 heavy (non-hydrogen) atoms. The van der Waals surface area contributed by atoms with Gasteiger partial charge in [0.05, 0.1) is 12.7 Å². The van der Waals surface area contributed by atoms with Gasteiger partial charge in [-0.05, 0) is 36.2 Å². The lowest BCUT2D eigenvalue weighted by molar-refractivity contribution is -0.128. The number of amides is 2. The zero-order chi connectivity index (χ0) is 20.7. The van der Waals surface area contributed by atoms with Crippen molar-refractivity contribution in [2.45, 2.75) is 13.3 Å². The van der Waals surface area contributed by atoms with E-state index in [0.29, 0.717) is 24.8 Å². The van der Waals surface area contributed by atoms with Gasteiger partial charge in [0.2, 0.25) is 5.91 Å². The van der Waals surface area contributed by atoms with Gasteiger partial charge < -0.3 is 15.0 Å². The molecule has 0 atom stereocenters. The van der Waals surface area contributed by atoms with E-state index in [1.54, 1.807) is 7.11 Å². The molecule has 0 spiro atoms. The summed E-state index contributed by atoms with van der Waals surface area (Å²) < 4.78 is 45.0. The van der Waals surface area contributed by atoms with Crippen LogP contribution in [0.15, 0.2) is 36.4 Å². The van der Waals surface area contributed by atoms with Crippen LogP contribution in [0.1, 0.15) is 22.8 Å². The topological polar surface area (TPSA) is 58.6 Å². The average molecular weight is 394 g/mol. The van der Waals surface area contributed by atoms with Gasteiger partial charge in [-0.2, -0.15) is 0 Å². The smallest absolute Gasteiger partial charge is 0.254 e. The molecule has 0 unspecified atom stereocenters. The lowest BCUT2D eigenvalue weighted by Crippen LogP contribution is -2.38. The van der Waals surface area contributed by atoms with Crippen molar-refractivity contribution in [3.63, 3.8) is 0 Å². The molecule has 0 saturated heterocycles. The van der Waals surface area contributed by atoms with Gasteiger partial charge in [0.1, 0.15) is 5.75 Å². The third-order valence-electron chi connectivity index (χ3n) is 4.20. The van der Waals surface area contributed by atoms with Gasteiger partial charge in [-0.1, -0.05) is 12.1 Å². The molecule has 2 rings (SSSR count). The van der Waals surface area contributed by atoms with Gasteiger partial charge in [0.15, 0.2) is 17.5 Å². The molecule has 0 aliphatic rings. The summed E-state index contributed by atoms with van der Waals surface area (Å²) in [5.41, 5.74) is 0.392. The van der Waals surface area contributed by atoms with Crippen molar-refractivity contribution in [2.24, 2.45) is 0 Å². The summed E-state index contributed by atoms with van der Waals surface area (Å²) in [4.78, 5) is 25.3. The molecule has 1 N–H and O–H groups in total. The second-order valence-corrected chi connectivity index (χ2v) is 6.09. The molecule has 0 aromatic heterocycles. The number of benzene rings is 2. The van der Waals surface area contributed by atoms with Gasteiger partial charge >= 0.3 is 0 Å². The summed E-state index contributed by atoms with van der Waals surface area (Å²) in [6, 6.07) is 9.00. The minimum Gasteiger partial charge on any atom is -0.497 e. The molecule has 0 heterocycles. The van der Waals surface area contributed by atoms with Crippen LogP contribution in [0.3, 0.4) is 0 Å². The van der Waals surface area contributed by atoms with Crippen molar-refractivity contribution in [1.29, 1.82) is 0 Å². The number of halogens is 3. The molecule has 8 heteroatoms. The molecular weight excluding hydrogens is 373 g/mol. The maximum atomic E-state index is 13.6. The van der Waals surface area contributed by atoms with Crippen LogP contribution in [-0.2, 0) is 11.2 Å². The molecule has 0 aliphatic carbocycles. The fourth-order valence-corrected chi connectivity index (χ4v) is 2.62. The second kappa shape index (κ2) is 9.77. The van der Waals surface area contributed by atoms with Crippen LogP contribution in [0.25, 0.3) is 0 Å². The highest BCUT2D eigenvalue weighted by molar-refractivity contribution is 5.94. The molecule has 2 aromatic rings. The molecule has 5 nitrogen and oxygen atoms in total. The van der Waals surface area contributed by atoms with E-state index in [1.807, 2.05) is 24.3 Å². The second-order valence-electron chi connectivity index (χ2n) is 6.09. The summed E-state index contributed by atoms with van der Waals surface area (Å²) >= 11 is 0. The molecule has 0 aliphatic heterocycles. The zero-order valence-electron chi connectivity index (χ0n) is 15.6. The summed E-state index contributed by atoms with van der Waals surface area (Å²) in [6.07, 6.45) is 0.586. The predicted octanol–water partition coefficient (Wildman–Crippen LogP) is 2.93. The summed E-state index contributed by atoms with van der Waals surface area (Å²) in [6.45, 7) is 2.05. The number of nitrogens with zero attached hydrogens (tertiary/aromatic N) is 1. The Kier molecular flexibility index (Phi) is 7.43. The Morgan fingerprint density at radius 2 is 1.82 bits per heavy atom. The van der Waals surface area contributed by atoms with Crippen molar-refractivity contribution in [1.82, 2.24) is 10.2 Å². The van der Waals surface area contributed by atoms with Gasteiger partial charge in [-0.15, -0.1) is 0 Å². The van der Waals surface area contributed by atoms with E-state index < -0.39 is 28.9 Å². The Labute approximate surface area is 161 Å². The van der Waals surface area contributed by atoms with E-state index in [9.17, 15) is 22.8 Å². The van der Waals surface area contributed by atoms with Crippen LogP contribution >= 0.6 is 0 Å². The lowest BCUT2D eigenvalue weighted by atomic mass is 10.1. The number of hydrogen-bond donors (Lipinski definition) is 1. The highest BCUT2D eigenvalue weighted by Gasteiger charge is 2.19. The van der Waals surface area contributed by atoms with Crippen LogP contribution in [0.2, 0.25) is 0 Å². The highest BCUT2D eigenvalue weighted by Crippen LogP contribution is 2.15. The van der Waals surface area contributed by atoms with E-state index in [1.165, 1.54) is 11.8 Å². The van der Waals surface area contributed by atoms with Crippen LogP contribution < -0.4 is 10.1 Å². The largest absolute Gasteiger partial charge is 0.497 e. The quantitative estimate of drug-likeness (QED) is 0.701. The van der Waals surface area contributed by atoms with Gasteiger partial charge in [0, 0.05) is 26.6 Å². The standard InChI is InChI=1S/C20H21F3N2O3/c1-13(26)25(10-8-14-4-3-5-15(12-14)28-2)11-9-24-20(27)16-6-7-17(21)19(23)18(16)22/h3-7,12H,8-11H2,1-2H3,(H,24,27). The Morgan fingerprint density at radius 3 is 2.50 bits per heavy atom. The Bertz CT molecular complexity index is 859. The number of nitrogens with one attached hydrogen (secondary N) is 1. The van der Waals surface area contributed by atoms with E-state index in [2.05, 4.69) is 5.32 Å². The minimum atomic E-state index is -1.70. The van der Waals surface area contributed by atoms with Gasteiger partial charge in [-0.3, -0.25) is 9.59 Å². The van der Waals surface area contributed by atoms with Crippen molar-refractivity contribution in [2.75, 3.05) is 26.7 Å². The molecule has 0 radical (unpaired) electrons. The Hall–Kier alpha value is -3.03. The summed E-state index contributed by atoms with van der Waals surface area (Å²) in [5.74, 6) is -4.96. The first-order valence-corrected chi connectivity index (χ1v) is 8.63. The number of rotatable bonds is 8. The van der Waals surface area contributed by atoms with Crippen LogP contribution in [0.5, 0.6) is 5.75 Å². The highest BCUT2D eigenvalue weighted by atomic mass is 19.2. The first kappa shape index (κ1) is 21.3. The summed E-state index contributed by atoms with van der Waals surface area (Å²) in [7, 11) is 1.57. The monoisotopic (exact) mass is 394 g/mol. The van der Waals surface area contributed by atoms with Gasteiger partial charge in [-0.25, -0.2) is 13.2 Å². The van der Waals surface area contributed by atoms with Crippen molar-refractivity contribution < 1.29 is 27.5 Å². The molecular formula is C20H21F3N2O3. The first-order valence-electron chi connectivity index (χ1n) is 8.63. The Morgan fingerprint density at radius 1 is 1.07 bits per heavy atom. The molecule has 150 valence electrons.